The molecule has 22 heavy (non-hydrogen) atoms. The summed E-state index contributed by atoms with van der Waals surface area (Å²) in [5, 5.41) is 9.51. The Morgan fingerprint density at radius 2 is 1.82 bits per heavy atom. The SMILES string of the molecule is CCCCC(CC)CNC(=NC)NCC(C)(C)C(=O)NCC. The van der Waals surface area contributed by atoms with Gasteiger partial charge in [0, 0.05) is 26.7 Å². The highest BCUT2D eigenvalue weighted by molar-refractivity contribution is 5.84. The van der Waals surface area contributed by atoms with E-state index in [9.17, 15) is 4.79 Å². The van der Waals surface area contributed by atoms with Crippen LogP contribution in [0.4, 0.5) is 0 Å². The minimum atomic E-state index is -0.458. The van der Waals surface area contributed by atoms with Crippen molar-refractivity contribution in [1.82, 2.24) is 16.0 Å². The summed E-state index contributed by atoms with van der Waals surface area (Å²) in [5.74, 6) is 1.51. The zero-order valence-corrected chi connectivity index (χ0v) is 15.4. The van der Waals surface area contributed by atoms with Gasteiger partial charge in [-0.25, -0.2) is 0 Å². The molecule has 0 saturated heterocycles. The topological polar surface area (TPSA) is 65.5 Å². The lowest BCUT2D eigenvalue weighted by Gasteiger charge is -2.25. The van der Waals surface area contributed by atoms with E-state index in [-0.39, 0.29) is 5.91 Å². The second-order valence-electron chi connectivity index (χ2n) is 6.47. The van der Waals surface area contributed by atoms with Gasteiger partial charge in [-0.3, -0.25) is 9.79 Å². The number of nitrogens with one attached hydrogen (secondary N) is 3. The molecule has 5 nitrogen and oxygen atoms in total. The second kappa shape index (κ2) is 11.3. The fraction of sp³-hybridized carbons (Fsp3) is 0.882. The third-order valence-electron chi connectivity index (χ3n) is 3.97. The van der Waals surface area contributed by atoms with Gasteiger partial charge < -0.3 is 16.0 Å². The van der Waals surface area contributed by atoms with Gasteiger partial charge >= 0.3 is 0 Å². The van der Waals surface area contributed by atoms with Gasteiger partial charge in [0.25, 0.3) is 0 Å². The van der Waals surface area contributed by atoms with Crippen LogP contribution in [0.1, 0.15) is 60.3 Å². The lowest BCUT2D eigenvalue weighted by molar-refractivity contribution is -0.128. The van der Waals surface area contributed by atoms with Gasteiger partial charge in [0.1, 0.15) is 0 Å². The summed E-state index contributed by atoms with van der Waals surface area (Å²) < 4.78 is 0. The van der Waals surface area contributed by atoms with Crippen LogP contribution in [0.5, 0.6) is 0 Å². The number of unbranched alkanes of at least 4 members (excludes halogenated alkanes) is 1. The molecule has 0 saturated carbocycles. The first-order valence-corrected chi connectivity index (χ1v) is 8.64. The highest BCUT2D eigenvalue weighted by Gasteiger charge is 2.27. The molecule has 0 spiro atoms. The van der Waals surface area contributed by atoms with Gasteiger partial charge in [0.15, 0.2) is 5.96 Å². The van der Waals surface area contributed by atoms with E-state index in [4.69, 9.17) is 0 Å². The average molecular weight is 313 g/mol. The van der Waals surface area contributed by atoms with E-state index in [1.165, 1.54) is 25.7 Å². The van der Waals surface area contributed by atoms with E-state index in [1.807, 2.05) is 20.8 Å². The van der Waals surface area contributed by atoms with Gasteiger partial charge in [0.05, 0.1) is 5.41 Å². The Morgan fingerprint density at radius 3 is 2.32 bits per heavy atom. The van der Waals surface area contributed by atoms with Crippen molar-refractivity contribution in [3.05, 3.63) is 0 Å². The molecule has 0 aromatic heterocycles. The molecule has 0 rings (SSSR count). The largest absolute Gasteiger partial charge is 0.356 e. The lowest BCUT2D eigenvalue weighted by Crippen LogP contribution is -2.48. The maximum atomic E-state index is 12.0. The van der Waals surface area contributed by atoms with Crippen LogP contribution < -0.4 is 16.0 Å². The zero-order valence-electron chi connectivity index (χ0n) is 15.4. The molecule has 1 unspecified atom stereocenters. The third kappa shape index (κ3) is 8.25. The molecule has 1 amide bonds. The Hall–Kier alpha value is -1.26. The Balaban J connectivity index is 4.29. The number of aliphatic imine (C=N–C) groups is 1. The van der Waals surface area contributed by atoms with Crippen LogP contribution in [0.25, 0.3) is 0 Å². The quantitative estimate of drug-likeness (QED) is 0.429. The summed E-state index contributed by atoms with van der Waals surface area (Å²) in [6.07, 6.45) is 4.94. The van der Waals surface area contributed by atoms with E-state index in [0.717, 1.165) is 12.5 Å². The minimum absolute atomic E-state index is 0.0623. The van der Waals surface area contributed by atoms with Crippen LogP contribution >= 0.6 is 0 Å². The molecule has 0 aromatic carbocycles. The molecule has 0 aromatic rings. The molecule has 0 heterocycles. The number of hydrogen-bond acceptors (Lipinski definition) is 2. The van der Waals surface area contributed by atoms with Gasteiger partial charge in [-0.1, -0.05) is 33.1 Å². The van der Waals surface area contributed by atoms with Crippen molar-refractivity contribution in [3.8, 4) is 0 Å². The highest BCUT2D eigenvalue weighted by atomic mass is 16.2. The van der Waals surface area contributed by atoms with Crippen molar-refractivity contribution in [2.24, 2.45) is 16.3 Å². The molecule has 0 aliphatic heterocycles. The van der Waals surface area contributed by atoms with Crippen molar-refractivity contribution in [2.45, 2.75) is 60.3 Å². The van der Waals surface area contributed by atoms with Crippen LogP contribution in [0.3, 0.4) is 0 Å². The number of nitrogens with zero attached hydrogens (tertiary/aromatic N) is 1. The Labute approximate surface area is 136 Å². The van der Waals surface area contributed by atoms with Crippen LogP contribution in [0.15, 0.2) is 4.99 Å². The van der Waals surface area contributed by atoms with Gasteiger partial charge in [-0.15, -0.1) is 0 Å². The number of carbonyl (C=O) groups excluding carboxylic acids is 1. The average Bonchev–Trinajstić information content (AvgIpc) is 2.50. The first-order valence-electron chi connectivity index (χ1n) is 8.64. The number of carbonyl (C=O) groups is 1. The normalized spacial score (nSPS) is 13.6. The number of amides is 1. The molecule has 3 N–H and O–H groups in total. The van der Waals surface area contributed by atoms with Crippen molar-refractivity contribution in [1.29, 1.82) is 0 Å². The predicted molar refractivity (Wildman–Crippen MR) is 95.1 cm³/mol. The van der Waals surface area contributed by atoms with E-state index in [1.54, 1.807) is 7.05 Å². The van der Waals surface area contributed by atoms with Crippen molar-refractivity contribution in [3.63, 3.8) is 0 Å². The van der Waals surface area contributed by atoms with Gasteiger partial charge in [-0.2, -0.15) is 0 Å². The molecule has 1 atom stereocenters. The van der Waals surface area contributed by atoms with E-state index >= 15 is 0 Å². The first-order chi connectivity index (χ1) is 10.4. The monoisotopic (exact) mass is 312 g/mol. The zero-order chi connectivity index (χ0) is 17.0. The Kier molecular flexibility index (Phi) is 10.7. The summed E-state index contributed by atoms with van der Waals surface area (Å²) >= 11 is 0. The van der Waals surface area contributed by atoms with Crippen LogP contribution in [-0.4, -0.2) is 38.5 Å². The Morgan fingerprint density at radius 1 is 1.14 bits per heavy atom. The molecular formula is C17H36N4O. The van der Waals surface area contributed by atoms with Gasteiger partial charge in [0.2, 0.25) is 5.91 Å². The van der Waals surface area contributed by atoms with E-state index in [2.05, 4.69) is 34.8 Å². The van der Waals surface area contributed by atoms with Gasteiger partial charge in [-0.05, 0) is 33.1 Å². The van der Waals surface area contributed by atoms with Crippen LogP contribution in [-0.2, 0) is 4.79 Å². The van der Waals surface area contributed by atoms with Crippen molar-refractivity contribution in [2.75, 3.05) is 26.7 Å². The molecule has 0 fully saturated rings. The Bertz CT molecular complexity index is 340. The van der Waals surface area contributed by atoms with Crippen LogP contribution in [0, 0.1) is 11.3 Å². The summed E-state index contributed by atoms with van der Waals surface area (Å²) in [6, 6.07) is 0. The lowest BCUT2D eigenvalue weighted by atomic mass is 9.92. The molecular weight excluding hydrogens is 276 g/mol. The van der Waals surface area contributed by atoms with Crippen LogP contribution in [0.2, 0.25) is 0 Å². The van der Waals surface area contributed by atoms with E-state index in [0.29, 0.717) is 19.0 Å². The smallest absolute Gasteiger partial charge is 0.227 e. The maximum absolute atomic E-state index is 12.0. The van der Waals surface area contributed by atoms with Crippen molar-refractivity contribution >= 4 is 11.9 Å². The fourth-order valence-corrected chi connectivity index (χ4v) is 2.19. The molecule has 5 heteroatoms. The maximum Gasteiger partial charge on any atom is 0.227 e. The number of hydrogen-bond donors (Lipinski definition) is 3. The number of rotatable bonds is 10. The molecule has 0 bridgehead atoms. The third-order valence-corrected chi connectivity index (χ3v) is 3.97. The van der Waals surface area contributed by atoms with E-state index < -0.39 is 5.41 Å². The van der Waals surface area contributed by atoms with Crippen molar-refractivity contribution < 1.29 is 4.79 Å². The summed E-state index contributed by atoms with van der Waals surface area (Å²) in [7, 11) is 1.77. The molecule has 130 valence electrons. The summed E-state index contributed by atoms with van der Waals surface area (Å²) in [5.41, 5.74) is -0.458. The first kappa shape index (κ1) is 20.7. The second-order valence-corrected chi connectivity index (χ2v) is 6.47. The predicted octanol–water partition coefficient (Wildman–Crippen LogP) is 2.53. The summed E-state index contributed by atoms with van der Waals surface area (Å²) in [6.45, 7) is 12.4. The summed E-state index contributed by atoms with van der Waals surface area (Å²) in [4.78, 5) is 16.2. The highest BCUT2D eigenvalue weighted by Crippen LogP contribution is 2.13. The molecule has 0 aliphatic rings. The molecule has 0 radical (unpaired) electrons. The fourth-order valence-electron chi connectivity index (χ4n) is 2.19. The standard InChI is InChI=1S/C17H36N4O/c1-7-10-11-14(8-2)12-20-16(18-6)21-13-17(4,5)15(22)19-9-3/h14H,7-13H2,1-6H3,(H,19,22)(H2,18,20,21). The molecule has 0 aliphatic carbocycles. The minimum Gasteiger partial charge on any atom is -0.356 e. The number of guanidine groups is 1.